The molecule has 1 aromatic rings. The van der Waals surface area contributed by atoms with Gasteiger partial charge in [0.05, 0.1) is 6.61 Å². The van der Waals surface area contributed by atoms with E-state index in [4.69, 9.17) is 4.74 Å². The van der Waals surface area contributed by atoms with E-state index in [2.05, 4.69) is 12.2 Å². The van der Waals surface area contributed by atoms with Crippen molar-refractivity contribution in [1.29, 1.82) is 0 Å². The number of rotatable bonds is 7. The Hall–Kier alpha value is -2.30. The van der Waals surface area contributed by atoms with Crippen LogP contribution >= 0.6 is 0 Å². The van der Waals surface area contributed by atoms with Crippen LogP contribution in [0.4, 0.5) is 5.69 Å². The van der Waals surface area contributed by atoms with Crippen LogP contribution < -0.4 is 10.1 Å². The van der Waals surface area contributed by atoms with Gasteiger partial charge in [0.1, 0.15) is 5.75 Å². The minimum atomic E-state index is -0.991. The first-order valence-corrected chi connectivity index (χ1v) is 8.11. The van der Waals surface area contributed by atoms with Crippen LogP contribution in [0.3, 0.4) is 0 Å². The SMILES string of the molecule is CCCCOc1ccc(NC(=O)C2=C(C(=O)O)CCCC2)cc1. The molecule has 2 rings (SSSR count). The molecule has 0 aromatic heterocycles. The Morgan fingerprint density at radius 1 is 1.13 bits per heavy atom. The van der Waals surface area contributed by atoms with Crippen molar-refractivity contribution in [2.24, 2.45) is 0 Å². The number of amides is 1. The molecule has 0 heterocycles. The molecule has 0 bridgehead atoms. The lowest BCUT2D eigenvalue weighted by Gasteiger charge is -2.17. The van der Waals surface area contributed by atoms with Crippen molar-refractivity contribution in [2.75, 3.05) is 11.9 Å². The number of unbranched alkanes of at least 4 members (excludes halogenated alkanes) is 1. The van der Waals surface area contributed by atoms with Gasteiger partial charge in [-0.2, -0.15) is 0 Å². The Labute approximate surface area is 136 Å². The molecule has 2 N–H and O–H groups in total. The summed E-state index contributed by atoms with van der Waals surface area (Å²) in [6.45, 7) is 2.78. The van der Waals surface area contributed by atoms with Gasteiger partial charge in [-0.05, 0) is 56.4 Å². The van der Waals surface area contributed by atoms with Crippen molar-refractivity contribution < 1.29 is 19.4 Å². The van der Waals surface area contributed by atoms with Crippen LogP contribution in [0, 0.1) is 0 Å². The number of carboxylic acid groups (broad SMARTS) is 1. The van der Waals surface area contributed by atoms with Crippen LogP contribution in [0.5, 0.6) is 5.75 Å². The Kier molecular flexibility index (Phi) is 6.20. The van der Waals surface area contributed by atoms with Gasteiger partial charge < -0.3 is 15.2 Å². The number of anilines is 1. The number of carboxylic acids is 1. The number of carbonyl (C=O) groups is 2. The molecule has 0 aliphatic heterocycles. The van der Waals surface area contributed by atoms with Crippen molar-refractivity contribution >= 4 is 17.6 Å². The predicted molar refractivity (Wildman–Crippen MR) is 88.6 cm³/mol. The molecule has 5 nitrogen and oxygen atoms in total. The average Bonchev–Trinajstić information content (AvgIpc) is 2.56. The Bertz CT molecular complexity index is 590. The van der Waals surface area contributed by atoms with E-state index in [1.165, 1.54) is 0 Å². The maximum atomic E-state index is 12.3. The number of hydrogen-bond donors (Lipinski definition) is 2. The molecule has 0 unspecified atom stereocenters. The van der Waals surface area contributed by atoms with Gasteiger partial charge in [-0.1, -0.05) is 13.3 Å². The number of hydrogen-bond acceptors (Lipinski definition) is 3. The van der Waals surface area contributed by atoms with Crippen LogP contribution in [0.2, 0.25) is 0 Å². The highest BCUT2D eigenvalue weighted by atomic mass is 16.5. The molecule has 0 fully saturated rings. The third-order valence-electron chi connectivity index (χ3n) is 3.88. The lowest BCUT2D eigenvalue weighted by atomic mass is 9.91. The maximum Gasteiger partial charge on any atom is 0.332 e. The van der Waals surface area contributed by atoms with E-state index in [1.807, 2.05) is 0 Å². The smallest absolute Gasteiger partial charge is 0.332 e. The number of nitrogens with one attached hydrogen (secondary N) is 1. The largest absolute Gasteiger partial charge is 0.494 e. The molecule has 0 saturated heterocycles. The van der Waals surface area contributed by atoms with E-state index in [1.54, 1.807) is 24.3 Å². The maximum absolute atomic E-state index is 12.3. The lowest BCUT2D eigenvalue weighted by Crippen LogP contribution is -2.21. The number of aliphatic carboxylic acids is 1. The normalized spacial score (nSPS) is 14.5. The fourth-order valence-corrected chi connectivity index (χ4v) is 2.57. The van der Waals surface area contributed by atoms with Gasteiger partial charge in [-0.25, -0.2) is 4.79 Å². The summed E-state index contributed by atoms with van der Waals surface area (Å²) in [5, 5.41) is 12.0. The first-order chi connectivity index (χ1) is 11.1. The van der Waals surface area contributed by atoms with Crippen molar-refractivity contribution in [3.8, 4) is 5.75 Å². The second kappa shape index (κ2) is 8.36. The molecule has 0 spiro atoms. The minimum Gasteiger partial charge on any atom is -0.494 e. The molecule has 1 aliphatic carbocycles. The second-order valence-electron chi connectivity index (χ2n) is 5.65. The monoisotopic (exact) mass is 317 g/mol. The molecule has 0 atom stereocenters. The highest BCUT2D eigenvalue weighted by Crippen LogP contribution is 2.26. The highest BCUT2D eigenvalue weighted by Gasteiger charge is 2.23. The predicted octanol–water partition coefficient (Wildman–Crippen LogP) is 3.76. The van der Waals surface area contributed by atoms with Crippen molar-refractivity contribution in [3.63, 3.8) is 0 Å². The Balaban J connectivity index is 2.01. The van der Waals surface area contributed by atoms with Crippen LogP contribution in [-0.4, -0.2) is 23.6 Å². The fraction of sp³-hybridized carbons (Fsp3) is 0.444. The average molecular weight is 317 g/mol. The summed E-state index contributed by atoms with van der Waals surface area (Å²) >= 11 is 0. The molecular weight excluding hydrogens is 294 g/mol. The van der Waals surface area contributed by atoms with Crippen molar-refractivity contribution in [2.45, 2.75) is 45.4 Å². The van der Waals surface area contributed by atoms with Gasteiger partial charge in [0.25, 0.3) is 5.91 Å². The first kappa shape index (κ1) is 17.1. The van der Waals surface area contributed by atoms with Crippen LogP contribution in [0.25, 0.3) is 0 Å². The number of ether oxygens (including phenoxy) is 1. The van der Waals surface area contributed by atoms with Crippen LogP contribution in [0.1, 0.15) is 45.4 Å². The van der Waals surface area contributed by atoms with Gasteiger partial charge in [-0.3, -0.25) is 4.79 Å². The second-order valence-corrected chi connectivity index (χ2v) is 5.65. The van der Waals surface area contributed by atoms with Gasteiger partial charge in [0.2, 0.25) is 0 Å². The summed E-state index contributed by atoms with van der Waals surface area (Å²) in [5.41, 5.74) is 1.28. The molecule has 0 saturated carbocycles. The zero-order valence-corrected chi connectivity index (χ0v) is 13.4. The standard InChI is InChI=1S/C18H23NO4/c1-2-3-12-23-14-10-8-13(9-11-14)19-17(20)15-6-4-5-7-16(15)18(21)22/h8-11H,2-7,12H2,1H3,(H,19,20)(H,21,22). The number of benzene rings is 1. The van der Waals surface area contributed by atoms with Gasteiger partial charge in [-0.15, -0.1) is 0 Å². The zero-order chi connectivity index (χ0) is 16.7. The van der Waals surface area contributed by atoms with E-state index >= 15 is 0 Å². The molecule has 1 aliphatic rings. The first-order valence-electron chi connectivity index (χ1n) is 8.11. The summed E-state index contributed by atoms with van der Waals surface area (Å²) < 4.78 is 5.57. The summed E-state index contributed by atoms with van der Waals surface area (Å²) in [5.74, 6) is -0.546. The summed E-state index contributed by atoms with van der Waals surface area (Å²) in [6, 6.07) is 7.14. The van der Waals surface area contributed by atoms with Crippen molar-refractivity contribution in [3.05, 3.63) is 35.4 Å². The molecular formula is C18H23NO4. The Morgan fingerprint density at radius 3 is 2.39 bits per heavy atom. The Morgan fingerprint density at radius 2 is 1.78 bits per heavy atom. The third kappa shape index (κ3) is 4.84. The molecule has 124 valence electrons. The lowest BCUT2D eigenvalue weighted by molar-refractivity contribution is -0.133. The van der Waals surface area contributed by atoms with Crippen LogP contribution in [-0.2, 0) is 9.59 Å². The summed E-state index contributed by atoms with van der Waals surface area (Å²) in [4.78, 5) is 23.6. The van der Waals surface area contributed by atoms with Gasteiger partial charge >= 0.3 is 5.97 Å². The summed E-state index contributed by atoms with van der Waals surface area (Å²) in [6.07, 6.45) is 4.74. The molecule has 1 aromatic carbocycles. The highest BCUT2D eigenvalue weighted by molar-refractivity contribution is 6.08. The topological polar surface area (TPSA) is 75.6 Å². The molecule has 1 amide bonds. The van der Waals surface area contributed by atoms with E-state index in [-0.39, 0.29) is 11.5 Å². The quantitative estimate of drug-likeness (QED) is 0.751. The number of carbonyl (C=O) groups excluding carboxylic acids is 1. The minimum absolute atomic E-state index is 0.244. The molecule has 0 radical (unpaired) electrons. The van der Waals surface area contributed by atoms with E-state index in [9.17, 15) is 14.7 Å². The van der Waals surface area contributed by atoms with Crippen LogP contribution in [0.15, 0.2) is 35.4 Å². The van der Waals surface area contributed by atoms with E-state index < -0.39 is 5.97 Å². The van der Waals surface area contributed by atoms with Gasteiger partial charge in [0, 0.05) is 16.8 Å². The third-order valence-corrected chi connectivity index (χ3v) is 3.88. The zero-order valence-electron chi connectivity index (χ0n) is 13.4. The molecule has 5 heteroatoms. The fourth-order valence-electron chi connectivity index (χ4n) is 2.57. The van der Waals surface area contributed by atoms with E-state index in [0.717, 1.165) is 31.4 Å². The van der Waals surface area contributed by atoms with E-state index in [0.29, 0.717) is 30.7 Å². The summed E-state index contributed by atoms with van der Waals surface area (Å²) in [7, 11) is 0. The van der Waals surface area contributed by atoms with Crippen molar-refractivity contribution in [1.82, 2.24) is 0 Å². The molecule has 23 heavy (non-hydrogen) atoms. The van der Waals surface area contributed by atoms with Gasteiger partial charge in [0.15, 0.2) is 0 Å².